The average Bonchev–Trinajstić information content (AvgIpc) is 3.31. The Morgan fingerprint density at radius 2 is 1.90 bits per heavy atom. The summed E-state index contributed by atoms with van der Waals surface area (Å²) in [5, 5.41) is 9.02. The molecule has 0 spiro atoms. The molecule has 1 saturated carbocycles. The Morgan fingerprint density at radius 1 is 1.10 bits per heavy atom. The molecule has 0 amide bonds. The van der Waals surface area contributed by atoms with E-state index in [2.05, 4.69) is 18.2 Å². The van der Waals surface area contributed by atoms with E-state index in [-0.39, 0.29) is 0 Å². The molecule has 0 radical (unpaired) electrons. The predicted octanol–water partition coefficient (Wildman–Crippen LogP) is 4.09. The van der Waals surface area contributed by atoms with Crippen molar-refractivity contribution < 1.29 is 4.74 Å². The molecule has 0 aromatic heterocycles. The van der Waals surface area contributed by atoms with Crippen molar-refractivity contribution in [2.75, 3.05) is 0 Å². The van der Waals surface area contributed by atoms with Gasteiger partial charge in [0.15, 0.2) is 0 Å². The quantitative estimate of drug-likeness (QED) is 0.814. The van der Waals surface area contributed by atoms with Crippen LogP contribution in [0.3, 0.4) is 0 Å². The molecule has 1 aliphatic carbocycles. The highest BCUT2D eigenvalue weighted by Gasteiger charge is 2.23. The van der Waals surface area contributed by atoms with Gasteiger partial charge in [0, 0.05) is 0 Å². The van der Waals surface area contributed by atoms with Gasteiger partial charge in [-0.1, -0.05) is 30.3 Å². The predicted molar refractivity (Wildman–Crippen MR) is 78.4 cm³/mol. The van der Waals surface area contributed by atoms with Gasteiger partial charge in [-0.05, 0) is 54.5 Å². The van der Waals surface area contributed by atoms with Crippen LogP contribution < -0.4 is 4.74 Å². The molecular formula is C18H17NO. The van der Waals surface area contributed by atoms with Gasteiger partial charge in [0.1, 0.15) is 12.4 Å². The lowest BCUT2D eigenvalue weighted by Crippen LogP contribution is -2.00. The van der Waals surface area contributed by atoms with Crippen molar-refractivity contribution in [2.45, 2.75) is 25.9 Å². The maximum atomic E-state index is 9.02. The molecule has 3 rings (SSSR count). The van der Waals surface area contributed by atoms with Gasteiger partial charge in [-0.2, -0.15) is 5.26 Å². The molecule has 1 fully saturated rings. The minimum absolute atomic E-state index is 0.574. The first-order chi connectivity index (χ1) is 9.85. The second-order valence-corrected chi connectivity index (χ2v) is 5.36. The third-order valence-corrected chi connectivity index (χ3v) is 3.63. The maximum absolute atomic E-state index is 9.02. The fraction of sp³-hybridized carbons (Fsp3) is 0.278. The van der Waals surface area contributed by atoms with Crippen LogP contribution in [-0.2, 0) is 13.0 Å². The minimum Gasteiger partial charge on any atom is -0.489 e. The number of nitriles is 1. The fourth-order valence-corrected chi connectivity index (χ4v) is 2.32. The molecule has 2 aromatic carbocycles. The Bertz CT molecular complexity index is 624. The van der Waals surface area contributed by atoms with E-state index < -0.39 is 0 Å². The smallest absolute Gasteiger partial charge is 0.123 e. The molecule has 0 N–H and O–H groups in total. The van der Waals surface area contributed by atoms with Crippen molar-refractivity contribution in [3.05, 3.63) is 65.2 Å². The van der Waals surface area contributed by atoms with E-state index in [4.69, 9.17) is 10.00 Å². The monoisotopic (exact) mass is 263 g/mol. The normalized spacial score (nSPS) is 13.8. The zero-order valence-electron chi connectivity index (χ0n) is 11.4. The fourth-order valence-electron chi connectivity index (χ4n) is 2.32. The number of ether oxygens (including phenoxy) is 1. The molecule has 0 unspecified atom stereocenters. The average molecular weight is 263 g/mol. The molecule has 0 saturated heterocycles. The van der Waals surface area contributed by atoms with Crippen LogP contribution in [-0.4, -0.2) is 0 Å². The minimum atomic E-state index is 0.574. The van der Waals surface area contributed by atoms with Crippen LogP contribution >= 0.6 is 0 Å². The lowest BCUT2D eigenvalue weighted by Gasteiger charge is -2.12. The molecule has 0 heterocycles. The highest BCUT2D eigenvalue weighted by Crippen LogP contribution is 2.35. The Morgan fingerprint density at radius 3 is 2.60 bits per heavy atom. The molecule has 0 aliphatic heterocycles. The molecule has 0 atom stereocenters. The lowest BCUT2D eigenvalue weighted by atomic mass is 10.0. The lowest BCUT2D eigenvalue weighted by molar-refractivity contribution is 0.302. The topological polar surface area (TPSA) is 33.0 Å². The van der Waals surface area contributed by atoms with Crippen LogP contribution in [0.25, 0.3) is 0 Å². The Balaban J connectivity index is 1.75. The number of hydrogen-bond donors (Lipinski definition) is 0. The van der Waals surface area contributed by atoms with Gasteiger partial charge in [-0.25, -0.2) is 0 Å². The summed E-state index contributed by atoms with van der Waals surface area (Å²) in [6, 6.07) is 18.1. The Hall–Kier alpha value is -2.27. The van der Waals surface area contributed by atoms with Gasteiger partial charge >= 0.3 is 0 Å². The SMILES string of the molecule is N#Cc1ccc(OCc2ccccc2)c(CC2CC2)c1. The summed E-state index contributed by atoms with van der Waals surface area (Å²) >= 11 is 0. The molecule has 2 nitrogen and oxygen atoms in total. The Kier molecular flexibility index (Phi) is 3.69. The van der Waals surface area contributed by atoms with Crippen molar-refractivity contribution in [2.24, 2.45) is 5.92 Å². The number of hydrogen-bond acceptors (Lipinski definition) is 2. The van der Waals surface area contributed by atoms with Crippen LogP contribution in [0.1, 0.15) is 29.5 Å². The first-order valence-electron chi connectivity index (χ1n) is 7.05. The van der Waals surface area contributed by atoms with Crippen molar-refractivity contribution in [3.63, 3.8) is 0 Å². The summed E-state index contributed by atoms with van der Waals surface area (Å²) in [6.45, 7) is 0.574. The van der Waals surface area contributed by atoms with Crippen LogP contribution in [0.4, 0.5) is 0 Å². The van der Waals surface area contributed by atoms with Crippen LogP contribution in [0, 0.1) is 17.2 Å². The summed E-state index contributed by atoms with van der Waals surface area (Å²) in [5.41, 5.74) is 3.05. The van der Waals surface area contributed by atoms with Gasteiger partial charge in [0.05, 0.1) is 11.6 Å². The van der Waals surface area contributed by atoms with Gasteiger partial charge < -0.3 is 4.74 Å². The summed E-state index contributed by atoms with van der Waals surface area (Å²) in [6.07, 6.45) is 3.63. The summed E-state index contributed by atoms with van der Waals surface area (Å²) in [7, 11) is 0. The summed E-state index contributed by atoms with van der Waals surface area (Å²) in [4.78, 5) is 0. The van der Waals surface area contributed by atoms with E-state index in [1.807, 2.05) is 36.4 Å². The van der Waals surface area contributed by atoms with Crippen molar-refractivity contribution in [3.8, 4) is 11.8 Å². The standard InChI is InChI=1S/C18H17NO/c19-12-16-8-9-18(17(11-16)10-14-6-7-14)20-13-15-4-2-1-3-5-15/h1-5,8-9,11,14H,6-7,10,13H2. The second-order valence-electron chi connectivity index (χ2n) is 5.36. The molecule has 1 aliphatic rings. The van der Waals surface area contributed by atoms with E-state index in [9.17, 15) is 0 Å². The van der Waals surface area contributed by atoms with Gasteiger partial charge in [-0.15, -0.1) is 0 Å². The van der Waals surface area contributed by atoms with E-state index in [1.54, 1.807) is 0 Å². The van der Waals surface area contributed by atoms with E-state index in [0.717, 1.165) is 23.7 Å². The van der Waals surface area contributed by atoms with Gasteiger partial charge in [-0.3, -0.25) is 0 Å². The van der Waals surface area contributed by atoms with Crippen LogP contribution in [0.15, 0.2) is 48.5 Å². The zero-order valence-corrected chi connectivity index (χ0v) is 11.4. The maximum Gasteiger partial charge on any atom is 0.123 e. The van der Waals surface area contributed by atoms with Crippen molar-refractivity contribution in [1.29, 1.82) is 5.26 Å². The third kappa shape index (κ3) is 3.19. The van der Waals surface area contributed by atoms with E-state index >= 15 is 0 Å². The summed E-state index contributed by atoms with van der Waals surface area (Å²) in [5.74, 6) is 1.70. The number of rotatable bonds is 5. The molecule has 2 heteroatoms. The summed E-state index contributed by atoms with van der Waals surface area (Å²) < 4.78 is 5.94. The van der Waals surface area contributed by atoms with Gasteiger partial charge in [0.2, 0.25) is 0 Å². The first kappa shape index (κ1) is 12.7. The highest BCUT2D eigenvalue weighted by molar-refractivity contribution is 5.42. The number of nitrogens with zero attached hydrogens (tertiary/aromatic N) is 1. The van der Waals surface area contributed by atoms with E-state index in [1.165, 1.54) is 18.4 Å². The van der Waals surface area contributed by atoms with E-state index in [0.29, 0.717) is 12.2 Å². The van der Waals surface area contributed by atoms with Crippen LogP contribution in [0.2, 0.25) is 0 Å². The van der Waals surface area contributed by atoms with Crippen molar-refractivity contribution in [1.82, 2.24) is 0 Å². The zero-order chi connectivity index (χ0) is 13.8. The van der Waals surface area contributed by atoms with Crippen LogP contribution in [0.5, 0.6) is 5.75 Å². The number of benzene rings is 2. The highest BCUT2D eigenvalue weighted by atomic mass is 16.5. The Labute approximate surface area is 119 Å². The molecule has 0 bridgehead atoms. The molecular weight excluding hydrogens is 246 g/mol. The van der Waals surface area contributed by atoms with Crippen molar-refractivity contribution >= 4 is 0 Å². The first-order valence-corrected chi connectivity index (χ1v) is 7.05. The largest absolute Gasteiger partial charge is 0.489 e. The second kappa shape index (κ2) is 5.79. The molecule has 2 aromatic rings. The van der Waals surface area contributed by atoms with Gasteiger partial charge in [0.25, 0.3) is 0 Å². The third-order valence-electron chi connectivity index (χ3n) is 3.63. The molecule has 20 heavy (non-hydrogen) atoms. The molecule has 100 valence electrons.